The van der Waals surface area contributed by atoms with Crippen LogP contribution in [0.1, 0.15) is 17.7 Å². The molecule has 1 N–H and O–H groups in total. The van der Waals surface area contributed by atoms with E-state index in [2.05, 4.69) is 33.7 Å². The Labute approximate surface area is 164 Å². The Kier molecular flexibility index (Phi) is 5.34. The molecule has 0 radical (unpaired) electrons. The summed E-state index contributed by atoms with van der Waals surface area (Å²) in [6, 6.07) is 10.1. The van der Waals surface area contributed by atoms with Crippen LogP contribution in [0.5, 0.6) is 5.75 Å². The number of ether oxygens (including phenoxy) is 1. The lowest BCUT2D eigenvalue weighted by atomic mass is 10.1. The Bertz CT molecular complexity index is 945. The summed E-state index contributed by atoms with van der Waals surface area (Å²) >= 11 is 6.29. The SMILES string of the molecule is COc1ccc(-c2nc3ccc(Cl)cn3c2CN2CCCNCC2)cc1C. The first kappa shape index (κ1) is 18.3. The summed E-state index contributed by atoms with van der Waals surface area (Å²) in [5.74, 6) is 0.894. The highest BCUT2D eigenvalue weighted by molar-refractivity contribution is 6.30. The number of halogens is 1. The van der Waals surface area contributed by atoms with Crippen molar-refractivity contribution in [3.8, 4) is 17.0 Å². The van der Waals surface area contributed by atoms with Gasteiger partial charge in [0.2, 0.25) is 0 Å². The first-order valence-corrected chi connectivity index (χ1v) is 9.78. The van der Waals surface area contributed by atoms with E-state index in [1.165, 1.54) is 5.69 Å². The van der Waals surface area contributed by atoms with Crippen molar-refractivity contribution in [2.45, 2.75) is 19.9 Å². The van der Waals surface area contributed by atoms with E-state index in [1.54, 1.807) is 7.11 Å². The van der Waals surface area contributed by atoms with Crippen LogP contribution in [-0.4, -0.2) is 47.6 Å². The largest absolute Gasteiger partial charge is 0.496 e. The molecule has 142 valence electrons. The maximum atomic E-state index is 6.29. The van der Waals surface area contributed by atoms with Crippen LogP contribution in [0.25, 0.3) is 16.9 Å². The highest BCUT2D eigenvalue weighted by atomic mass is 35.5. The van der Waals surface area contributed by atoms with Gasteiger partial charge in [-0.25, -0.2) is 4.98 Å². The lowest BCUT2D eigenvalue weighted by Gasteiger charge is -2.20. The van der Waals surface area contributed by atoms with Gasteiger partial charge in [-0.1, -0.05) is 11.6 Å². The van der Waals surface area contributed by atoms with Crippen molar-refractivity contribution in [3.63, 3.8) is 0 Å². The molecule has 0 unspecified atom stereocenters. The Hall–Kier alpha value is -2.08. The maximum Gasteiger partial charge on any atom is 0.137 e. The number of nitrogens with zero attached hydrogens (tertiary/aromatic N) is 3. The van der Waals surface area contributed by atoms with Crippen molar-refractivity contribution >= 4 is 17.2 Å². The number of rotatable bonds is 4. The summed E-state index contributed by atoms with van der Waals surface area (Å²) in [6.45, 7) is 7.14. The van der Waals surface area contributed by atoms with Crippen LogP contribution in [0, 0.1) is 6.92 Å². The zero-order valence-corrected chi connectivity index (χ0v) is 16.6. The molecule has 6 heteroatoms. The van der Waals surface area contributed by atoms with Gasteiger partial charge in [0.25, 0.3) is 0 Å². The Morgan fingerprint density at radius 1 is 1.19 bits per heavy atom. The van der Waals surface area contributed by atoms with Crippen LogP contribution < -0.4 is 10.1 Å². The predicted molar refractivity (Wildman–Crippen MR) is 110 cm³/mol. The van der Waals surface area contributed by atoms with Gasteiger partial charge in [0.05, 0.1) is 23.5 Å². The molecule has 1 aliphatic rings. The van der Waals surface area contributed by atoms with Crippen LogP contribution in [0.4, 0.5) is 0 Å². The van der Waals surface area contributed by atoms with Crippen molar-refractivity contribution in [1.29, 1.82) is 0 Å². The number of aryl methyl sites for hydroxylation is 1. The highest BCUT2D eigenvalue weighted by Crippen LogP contribution is 2.30. The highest BCUT2D eigenvalue weighted by Gasteiger charge is 2.19. The second-order valence-electron chi connectivity index (χ2n) is 7.05. The summed E-state index contributed by atoms with van der Waals surface area (Å²) in [5, 5.41) is 4.19. The molecule has 0 spiro atoms. The number of hydrogen-bond acceptors (Lipinski definition) is 4. The molecular formula is C21H25ClN4O. The number of pyridine rings is 1. The van der Waals surface area contributed by atoms with E-state index < -0.39 is 0 Å². The molecule has 1 aromatic carbocycles. The molecule has 0 bridgehead atoms. The van der Waals surface area contributed by atoms with Crippen molar-refractivity contribution in [2.24, 2.45) is 0 Å². The van der Waals surface area contributed by atoms with Crippen LogP contribution in [0.2, 0.25) is 5.02 Å². The van der Waals surface area contributed by atoms with Gasteiger partial charge in [-0.2, -0.15) is 0 Å². The summed E-state index contributed by atoms with van der Waals surface area (Å²) in [7, 11) is 1.70. The first-order valence-electron chi connectivity index (χ1n) is 9.40. The average molecular weight is 385 g/mol. The van der Waals surface area contributed by atoms with Crippen molar-refractivity contribution in [1.82, 2.24) is 19.6 Å². The molecule has 3 aromatic rings. The third kappa shape index (κ3) is 3.81. The number of nitrogens with one attached hydrogen (secondary N) is 1. The zero-order valence-electron chi connectivity index (χ0n) is 15.8. The van der Waals surface area contributed by atoms with Crippen LogP contribution in [0.15, 0.2) is 36.5 Å². The summed E-state index contributed by atoms with van der Waals surface area (Å²) in [6.07, 6.45) is 3.13. The fourth-order valence-corrected chi connectivity index (χ4v) is 3.91. The predicted octanol–water partition coefficient (Wildman–Crippen LogP) is 3.77. The molecule has 1 saturated heterocycles. The van der Waals surface area contributed by atoms with Crippen molar-refractivity contribution in [2.75, 3.05) is 33.3 Å². The minimum Gasteiger partial charge on any atom is -0.496 e. The lowest BCUT2D eigenvalue weighted by Crippen LogP contribution is -2.28. The third-order valence-corrected chi connectivity index (χ3v) is 5.38. The van der Waals surface area contributed by atoms with Gasteiger partial charge in [-0.15, -0.1) is 0 Å². The second kappa shape index (κ2) is 7.89. The van der Waals surface area contributed by atoms with Crippen LogP contribution >= 0.6 is 11.6 Å². The van der Waals surface area contributed by atoms with E-state index in [1.807, 2.05) is 24.4 Å². The van der Waals surface area contributed by atoms with Gasteiger partial charge in [0.1, 0.15) is 11.4 Å². The molecule has 3 heterocycles. The van der Waals surface area contributed by atoms with Gasteiger partial charge in [0.15, 0.2) is 0 Å². The van der Waals surface area contributed by atoms with E-state index in [0.717, 1.165) is 72.4 Å². The molecule has 27 heavy (non-hydrogen) atoms. The minimum atomic E-state index is 0.719. The number of imidazole rings is 1. The molecule has 5 nitrogen and oxygen atoms in total. The number of methoxy groups -OCH3 is 1. The van der Waals surface area contributed by atoms with Gasteiger partial charge in [0, 0.05) is 31.4 Å². The van der Waals surface area contributed by atoms with E-state index in [0.29, 0.717) is 0 Å². The monoisotopic (exact) mass is 384 g/mol. The number of benzene rings is 1. The normalized spacial score (nSPS) is 15.8. The Morgan fingerprint density at radius 3 is 2.89 bits per heavy atom. The summed E-state index contributed by atoms with van der Waals surface area (Å²) < 4.78 is 7.55. The van der Waals surface area contributed by atoms with E-state index >= 15 is 0 Å². The third-order valence-electron chi connectivity index (χ3n) is 5.16. The zero-order chi connectivity index (χ0) is 18.8. The maximum absolute atomic E-state index is 6.29. The molecular weight excluding hydrogens is 360 g/mol. The Morgan fingerprint density at radius 2 is 2.07 bits per heavy atom. The van der Waals surface area contributed by atoms with Crippen molar-refractivity contribution in [3.05, 3.63) is 52.8 Å². The fourth-order valence-electron chi connectivity index (χ4n) is 3.75. The van der Waals surface area contributed by atoms with Gasteiger partial charge in [-0.05, 0) is 62.3 Å². The second-order valence-corrected chi connectivity index (χ2v) is 7.48. The molecule has 0 saturated carbocycles. The summed E-state index contributed by atoms with van der Waals surface area (Å²) in [5.41, 5.74) is 5.33. The molecule has 0 aliphatic carbocycles. The van der Waals surface area contributed by atoms with E-state index in [4.69, 9.17) is 21.3 Å². The number of fused-ring (bicyclic) bond motifs is 1. The van der Waals surface area contributed by atoms with E-state index in [-0.39, 0.29) is 0 Å². The number of hydrogen-bond donors (Lipinski definition) is 1. The quantitative estimate of drug-likeness (QED) is 0.743. The minimum absolute atomic E-state index is 0.719. The fraction of sp³-hybridized carbons (Fsp3) is 0.381. The average Bonchev–Trinajstić information content (AvgIpc) is 2.83. The molecule has 1 aliphatic heterocycles. The van der Waals surface area contributed by atoms with E-state index in [9.17, 15) is 0 Å². The Balaban J connectivity index is 1.80. The lowest BCUT2D eigenvalue weighted by molar-refractivity contribution is 0.281. The molecule has 1 fully saturated rings. The number of aromatic nitrogens is 2. The standard InChI is InChI=1S/C21H25ClN4O/c1-15-12-16(4-6-19(15)27-2)21-18(14-25-10-3-8-23-9-11-25)26-13-17(22)5-7-20(26)24-21/h4-7,12-13,23H,3,8-11,14H2,1-2H3. The first-order chi connectivity index (χ1) is 13.2. The molecule has 4 rings (SSSR count). The van der Waals surface area contributed by atoms with Crippen molar-refractivity contribution < 1.29 is 4.74 Å². The van der Waals surface area contributed by atoms with Crippen LogP contribution in [0.3, 0.4) is 0 Å². The topological polar surface area (TPSA) is 41.8 Å². The van der Waals surface area contributed by atoms with Gasteiger partial charge in [-0.3, -0.25) is 4.90 Å². The molecule has 2 aromatic heterocycles. The molecule has 0 atom stereocenters. The smallest absolute Gasteiger partial charge is 0.137 e. The van der Waals surface area contributed by atoms with Gasteiger partial charge >= 0.3 is 0 Å². The molecule has 0 amide bonds. The summed E-state index contributed by atoms with van der Waals surface area (Å²) in [4.78, 5) is 7.42. The van der Waals surface area contributed by atoms with Crippen LogP contribution in [-0.2, 0) is 6.54 Å². The van der Waals surface area contributed by atoms with Gasteiger partial charge < -0.3 is 14.5 Å².